The van der Waals surface area contributed by atoms with Crippen LogP contribution in [0.25, 0.3) is 0 Å². The number of pyridine rings is 1. The van der Waals surface area contributed by atoms with Crippen LogP contribution in [-0.4, -0.2) is 17.4 Å². The van der Waals surface area contributed by atoms with E-state index in [1.54, 1.807) is 18.3 Å². The van der Waals surface area contributed by atoms with Gasteiger partial charge in [0.25, 0.3) is 5.91 Å². The lowest BCUT2D eigenvalue weighted by molar-refractivity contribution is 0.0951. The first-order valence-electron chi connectivity index (χ1n) is 6.89. The average Bonchev–Trinajstić information content (AvgIpc) is 2.92. The molecule has 1 aliphatic rings. The topological polar surface area (TPSA) is 65.8 Å². The van der Waals surface area contributed by atoms with Crippen LogP contribution < -0.4 is 5.32 Å². The second kappa shape index (κ2) is 6.89. The molecular weight excluding hydrogens is 238 g/mol. The molecule has 1 N–H and O–H groups in total. The third kappa shape index (κ3) is 4.06. The number of carbonyl (C=O) groups is 1. The summed E-state index contributed by atoms with van der Waals surface area (Å²) in [7, 11) is 0. The first kappa shape index (κ1) is 13.5. The summed E-state index contributed by atoms with van der Waals surface area (Å²) < 4.78 is 0. The highest BCUT2D eigenvalue weighted by molar-refractivity contribution is 5.94. The molecule has 0 spiro atoms. The van der Waals surface area contributed by atoms with Gasteiger partial charge in [-0.15, -0.1) is 0 Å². The molecule has 1 aromatic heterocycles. The molecule has 0 saturated heterocycles. The highest BCUT2D eigenvalue weighted by Crippen LogP contribution is 2.26. The Kier molecular flexibility index (Phi) is 4.91. The summed E-state index contributed by atoms with van der Waals surface area (Å²) in [6, 6.07) is 5.41. The molecule has 4 heteroatoms. The molecule has 0 aromatic carbocycles. The Labute approximate surface area is 113 Å². The first-order valence-corrected chi connectivity index (χ1v) is 6.89. The third-order valence-electron chi connectivity index (χ3n) is 3.65. The molecule has 0 atom stereocenters. The zero-order valence-electron chi connectivity index (χ0n) is 11.1. The van der Waals surface area contributed by atoms with Crippen molar-refractivity contribution < 1.29 is 4.79 Å². The fourth-order valence-electron chi connectivity index (χ4n) is 2.59. The maximum absolute atomic E-state index is 12.0. The molecule has 1 amide bonds. The van der Waals surface area contributed by atoms with E-state index in [4.69, 9.17) is 5.26 Å². The molecule has 19 heavy (non-hydrogen) atoms. The van der Waals surface area contributed by atoms with Gasteiger partial charge < -0.3 is 5.32 Å². The van der Waals surface area contributed by atoms with Crippen molar-refractivity contribution in [3.63, 3.8) is 0 Å². The van der Waals surface area contributed by atoms with Gasteiger partial charge in [-0.1, -0.05) is 25.7 Å². The number of hydrogen-bond donors (Lipinski definition) is 1. The molecule has 1 heterocycles. The van der Waals surface area contributed by atoms with E-state index in [-0.39, 0.29) is 12.3 Å². The van der Waals surface area contributed by atoms with Crippen molar-refractivity contribution in [2.75, 3.05) is 6.54 Å². The lowest BCUT2D eigenvalue weighted by Crippen LogP contribution is -2.25. The van der Waals surface area contributed by atoms with Gasteiger partial charge in [0.15, 0.2) is 0 Å². The molecule has 0 aliphatic heterocycles. The zero-order chi connectivity index (χ0) is 13.5. The van der Waals surface area contributed by atoms with Gasteiger partial charge in [-0.25, -0.2) is 0 Å². The Bertz CT molecular complexity index is 473. The van der Waals surface area contributed by atoms with Crippen LogP contribution in [0.3, 0.4) is 0 Å². The Morgan fingerprint density at radius 1 is 1.47 bits per heavy atom. The Hall–Kier alpha value is -1.89. The van der Waals surface area contributed by atoms with Gasteiger partial charge in [0.2, 0.25) is 0 Å². The van der Waals surface area contributed by atoms with Crippen molar-refractivity contribution in [1.29, 1.82) is 5.26 Å². The molecule has 2 rings (SSSR count). The third-order valence-corrected chi connectivity index (χ3v) is 3.65. The molecule has 4 nitrogen and oxygen atoms in total. The number of amides is 1. The standard InChI is InChI=1S/C15H19N3O/c16-8-5-14-11-13(7-10-17-14)15(19)18-9-6-12-3-1-2-4-12/h7,10-12H,1-6,9H2,(H,18,19). The predicted molar refractivity (Wildman–Crippen MR) is 72.5 cm³/mol. The molecule has 0 bridgehead atoms. The Morgan fingerprint density at radius 3 is 3.00 bits per heavy atom. The Balaban J connectivity index is 1.81. The average molecular weight is 257 g/mol. The monoisotopic (exact) mass is 257 g/mol. The number of aromatic nitrogens is 1. The fourth-order valence-corrected chi connectivity index (χ4v) is 2.59. The molecule has 1 fully saturated rings. The smallest absolute Gasteiger partial charge is 0.251 e. The number of nitrogens with zero attached hydrogens (tertiary/aromatic N) is 2. The van der Waals surface area contributed by atoms with Crippen molar-refractivity contribution in [3.05, 3.63) is 29.6 Å². The summed E-state index contributed by atoms with van der Waals surface area (Å²) in [4.78, 5) is 16.0. The fraction of sp³-hybridized carbons (Fsp3) is 0.533. The lowest BCUT2D eigenvalue weighted by Gasteiger charge is -2.10. The molecule has 0 unspecified atom stereocenters. The van der Waals surface area contributed by atoms with E-state index in [0.29, 0.717) is 11.3 Å². The van der Waals surface area contributed by atoms with Crippen LogP contribution in [0.2, 0.25) is 0 Å². The normalized spacial score (nSPS) is 15.1. The van der Waals surface area contributed by atoms with Gasteiger partial charge in [-0.3, -0.25) is 9.78 Å². The Morgan fingerprint density at radius 2 is 2.26 bits per heavy atom. The van der Waals surface area contributed by atoms with E-state index in [2.05, 4.69) is 10.3 Å². The van der Waals surface area contributed by atoms with Crippen LogP contribution in [0.15, 0.2) is 18.3 Å². The van der Waals surface area contributed by atoms with E-state index >= 15 is 0 Å². The van der Waals surface area contributed by atoms with Crippen LogP contribution >= 0.6 is 0 Å². The van der Waals surface area contributed by atoms with Gasteiger partial charge in [0.1, 0.15) is 0 Å². The number of nitriles is 1. The van der Waals surface area contributed by atoms with Crippen molar-refractivity contribution in [1.82, 2.24) is 10.3 Å². The van der Waals surface area contributed by atoms with Gasteiger partial charge in [-0.05, 0) is 24.5 Å². The number of hydrogen-bond acceptors (Lipinski definition) is 3. The summed E-state index contributed by atoms with van der Waals surface area (Å²) in [6.07, 6.45) is 8.17. The maximum Gasteiger partial charge on any atom is 0.251 e. The van der Waals surface area contributed by atoms with Crippen LogP contribution in [-0.2, 0) is 6.42 Å². The summed E-state index contributed by atoms with van der Waals surface area (Å²) in [5, 5.41) is 11.6. The SMILES string of the molecule is N#CCc1cc(C(=O)NCCC2CCCC2)ccn1. The molecule has 1 saturated carbocycles. The molecule has 1 aliphatic carbocycles. The van der Waals surface area contributed by atoms with Gasteiger partial charge in [0, 0.05) is 18.3 Å². The van der Waals surface area contributed by atoms with Crippen LogP contribution in [0.4, 0.5) is 0 Å². The molecule has 1 aromatic rings. The minimum Gasteiger partial charge on any atom is -0.352 e. The summed E-state index contributed by atoms with van der Waals surface area (Å²) in [5.74, 6) is 0.714. The molecule has 100 valence electrons. The molecule has 0 radical (unpaired) electrons. The number of carbonyl (C=O) groups excluding carboxylic acids is 1. The summed E-state index contributed by atoms with van der Waals surface area (Å²) in [5.41, 5.74) is 1.23. The van der Waals surface area contributed by atoms with Crippen molar-refractivity contribution in [2.45, 2.75) is 38.5 Å². The quantitative estimate of drug-likeness (QED) is 0.881. The molecular formula is C15H19N3O. The first-order chi connectivity index (χ1) is 9.29. The van der Waals surface area contributed by atoms with Crippen LogP contribution in [0.5, 0.6) is 0 Å². The second-order valence-corrected chi connectivity index (χ2v) is 5.07. The highest BCUT2D eigenvalue weighted by atomic mass is 16.1. The van der Waals surface area contributed by atoms with E-state index in [1.165, 1.54) is 25.7 Å². The van der Waals surface area contributed by atoms with Gasteiger partial charge in [0.05, 0.1) is 18.2 Å². The van der Waals surface area contributed by atoms with Crippen LogP contribution in [0.1, 0.15) is 48.2 Å². The maximum atomic E-state index is 12.0. The second-order valence-electron chi connectivity index (χ2n) is 5.07. The summed E-state index contributed by atoms with van der Waals surface area (Å²) >= 11 is 0. The van der Waals surface area contributed by atoms with Crippen LogP contribution in [0, 0.1) is 17.2 Å². The van der Waals surface area contributed by atoms with Crippen molar-refractivity contribution >= 4 is 5.91 Å². The van der Waals surface area contributed by atoms with Gasteiger partial charge >= 0.3 is 0 Å². The van der Waals surface area contributed by atoms with Gasteiger partial charge in [-0.2, -0.15) is 5.26 Å². The minimum atomic E-state index is -0.0698. The van der Waals surface area contributed by atoms with Crippen molar-refractivity contribution in [2.24, 2.45) is 5.92 Å². The van der Waals surface area contributed by atoms with E-state index in [0.717, 1.165) is 18.9 Å². The lowest BCUT2D eigenvalue weighted by atomic mass is 10.0. The number of nitrogens with one attached hydrogen (secondary N) is 1. The predicted octanol–water partition coefficient (Wildman–Crippen LogP) is 2.46. The number of rotatable bonds is 5. The van der Waals surface area contributed by atoms with E-state index in [9.17, 15) is 4.79 Å². The zero-order valence-corrected chi connectivity index (χ0v) is 11.1. The summed E-state index contributed by atoms with van der Waals surface area (Å²) in [6.45, 7) is 0.736. The minimum absolute atomic E-state index is 0.0698. The van der Waals surface area contributed by atoms with Crippen molar-refractivity contribution in [3.8, 4) is 6.07 Å². The largest absolute Gasteiger partial charge is 0.352 e. The van der Waals surface area contributed by atoms with E-state index < -0.39 is 0 Å². The highest BCUT2D eigenvalue weighted by Gasteiger charge is 2.15. The van der Waals surface area contributed by atoms with E-state index in [1.807, 2.05) is 6.07 Å².